The smallest absolute Gasteiger partial charge is 0.416 e. The molecule has 0 spiro atoms. The van der Waals surface area contributed by atoms with Gasteiger partial charge in [0.05, 0.1) is 65.8 Å². The van der Waals surface area contributed by atoms with Crippen molar-refractivity contribution in [2.75, 3.05) is 42.7 Å². The third-order valence-corrected chi connectivity index (χ3v) is 8.88. The molecule has 11 nitrogen and oxygen atoms in total. The second-order valence-corrected chi connectivity index (χ2v) is 12.3. The Morgan fingerprint density at radius 2 is 1.78 bits per heavy atom. The number of carboxylic acid groups (broad SMARTS) is 1. The minimum atomic E-state index is -4.77. The van der Waals surface area contributed by atoms with Crippen LogP contribution in [0.25, 0.3) is 0 Å². The Kier molecular flexibility index (Phi) is 10.8. The number of nitrogens with zero attached hydrogens (tertiary/aromatic N) is 5. The Labute approximate surface area is 288 Å². The first-order valence-corrected chi connectivity index (χ1v) is 16.0. The van der Waals surface area contributed by atoms with E-state index in [9.17, 15) is 41.2 Å². The lowest BCUT2D eigenvalue weighted by Crippen LogP contribution is -2.61. The van der Waals surface area contributed by atoms with Crippen LogP contribution in [0.15, 0.2) is 42.6 Å². The fourth-order valence-electron chi connectivity index (χ4n) is 6.28. The van der Waals surface area contributed by atoms with Gasteiger partial charge >= 0.3 is 24.4 Å². The number of alkyl halides is 6. The summed E-state index contributed by atoms with van der Waals surface area (Å²) >= 11 is 0. The molecule has 2 atom stereocenters. The molecule has 5 rings (SSSR count). The molecule has 0 unspecified atom stereocenters. The Hall–Kier alpha value is -4.95. The molecular weight excluding hydrogens is 686 g/mol. The Balaban J connectivity index is 1.63. The van der Waals surface area contributed by atoms with E-state index in [2.05, 4.69) is 4.98 Å². The van der Waals surface area contributed by atoms with Crippen molar-refractivity contribution in [3.8, 4) is 6.07 Å². The zero-order chi connectivity index (χ0) is 37.1. The van der Waals surface area contributed by atoms with Crippen molar-refractivity contribution in [2.24, 2.45) is 5.73 Å². The summed E-state index contributed by atoms with van der Waals surface area (Å²) in [6.07, 6.45) is -9.54. The summed E-state index contributed by atoms with van der Waals surface area (Å²) in [5, 5.41) is 18.4. The van der Waals surface area contributed by atoms with Crippen molar-refractivity contribution in [2.45, 2.75) is 63.0 Å². The van der Waals surface area contributed by atoms with Gasteiger partial charge in [0, 0.05) is 31.8 Å². The number of aromatic nitrogens is 2. The molecular formula is C34H34F6N6O5. The lowest BCUT2D eigenvalue weighted by molar-refractivity contribution is -0.138. The van der Waals surface area contributed by atoms with Gasteiger partial charge in [0.15, 0.2) is 0 Å². The maximum Gasteiger partial charge on any atom is 0.416 e. The molecule has 2 aliphatic rings. The van der Waals surface area contributed by atoms with E-state index in [1.807, 2.05) is 4.90 Å². The predicted octanol–water partition coefficient (Wildman–Crippen LogP) is 6.22. The molecule has 1 fully saturated rings. The quantitative estimate of drug-likeness (QED) is 0.192. The number of fused-ring (bicyclic) bond motifs is 1. The molecule has 0 saturated carbocycles. The zero-order valence-electron chi connectivity index (χ0n) is 27.4. The van der Waals surface area contributed by atoms with Gasteiger partial charge in [-0.15, -0.1) is 0 Å². The normalized spacial score (nSPS) is 19.3. The summed E-state index contributed by atoms with van der Waals surface area (Å²) in [6, 6.07) is 7.51. The van der Waals surface area contributed by atoms with Gasteiger partial charge in [-0.2, -0.15) is 31.6 Å². The number of aliphatic carboxylic acids is 1. The SMILES string of the molecule is CC[C@]1(N)C[C@H](c2ncc(N3CCOCC3)c(Cc3cc(C#N)cc(C(F)(F)F)c3)n2)c2cc(C(F)(F)F)ccc2N1C(=O)OCCCC(=O)O. The maximum absolute atomic E-state index is 14.0. The number of morpholine rings is 1. The van der Waals surface area contributed by atoms with Gasteiger partial charge < -0.3 is 25.2 Å². The molecule has 272 valence electrons. The predicted molar refractivity (Wildman–Crippen MR) is 170 cm³/mol. The molecule has 1 saturated heterocycles. The highest BCUT2D eigenvalue weighted by molar-refractivity contribution is 5.91. The molecule has 3 N–H and O–H groups in total. The van der Waals surface area contributed by atoms with E-state index in [1.54, 1.807) is 13.0 Å². The number of rotatable bonds is 9. The van der Waals surface area contributed by atoms with Crippen molar-refractivity contribution >= 4 is 23.4 Å². The summed E-state index contributed by atoms with van der Waals surface area (Å²) in [4.78, 5) is 36.6. The molecule has 0 bridgehead atoms. The molecule has 17 heteroatoms. The molecule has 0 radical (unpaired) electrons. The number of hydrogen-bond donors (Lipinski definition) is 2. The lowest BCUT2D eigenvalue weighted by atomic mass is 9.80. The second kappa shape index (κ2) is 14.7. The van der Waals surface area contributed by atoms with Crippen molar-refractivity contribution in [3.05, 3.63) is 81.9 Å². The number of halogens is 6. The number of carbonyl (C=O) groups excluding carboxylic acids is 1. The number of hydrogen-bond acceptors (Lipinski definition) is 9. The largest absolute Gasteiger partial charge is 0.481 e. The van der Waals surface area contributed by atoms with Crippen LogP contribution in [0.1, 0.15) is 77.9 Å². The highest BCUT2D eigenvalue weighted by Gasteiger charge is 2.47. The van der Waals surface area contributed by atoms with Crippen molar-refractivity contribution in [3.63, 3.8) is 0 Å². The Morgan fingerprint density at radius 3 is 2.41 bits per heavy atom. The number of benzene rings is 2. The van der Waals surface area contributed by atoms with Crippen LogP contribution >= 0.6 is 0 Å². The fraction of sp³-hybridized carbons (Fsp3) is 0.441. The van der Waals surface area contributed by atoms with Crippen LogP contribution in [-0.4, -0.2) is 65.7 Å². The molecule has 3 aromatic rings. The number of amides is 1. The van der Waals surface area contributed by atoms with Gasteiger partial charge in [-0.3, -0.25) is 9.69 Å². The third-order valence-electron chi connectivity index (χ3n) is 8.88. The molecule has 3 heterocycles. The summed E-state index contributed by atoms with van der Waals surface area (Å²) < 4.78 is 94.2. The summed E-state index contributed by atoms with van der Waals surface area (Å²) in [5.41, 5.74) is 3.91. The van der Waals surface area contributed by atoms with Crippen LogP contribution in [0.4, 0.5) is 42.5 Å². The van der Waals surface area contributed by atoms with Crippen LogP contribution in [0.3, 0.4) is 0 Å². The van der Waals surface area contributed by atoms with Crippen molar-refractivity contribution in [1.29, 1.82) is 5.26 Å². The summed E-state index contributed by atoms with van der Waals surface area (Å²) in [7, 11) is 0. The van der Waals surface area contributed by atoms with Crippen molar-refractivity contribution in [1.82, 2.24) is 9.97 Å². The third kappa shape index (κ3) is 8.34. The fourth-order valence-corrected chi connectivity index (χ4v) is 6.28. The van der Waals surface area contributed by atoms with Gasteiger partial charge in [-0.1, -0.05) is 6.92 Å². The number of carbonyl (C=O) groups is 2. The van der Waals surface area contributed by atoms with Crippen LogP contribution in [0, 0.1) is 11.3 Å². The summed E-state index contributed by atoms with van der Waals surface area (Å²) in [5.74, 6) is -2.10. The first kappa shape index (κ1) is 37.3. The van der Waals surface area contributed by atoms with E-state index in [4.69, 9.17) is 25.3 Å². The highest BCUT2D eigenvalue weighted by Crippen LogP contribution is 2.47. The minimum Gasteiger partial charge on any atom is -0.481 e. The molecule has 2 aromatic carbocycles. The van der Waals surface area contributed by atoms with E-state index >= 15 is 0 Å². The van der Waals surface area contributed by atoms with Gasteiger partial charge in [0.25, 0.3) is 0 Å². The minimum absolute atomic E-state index is 0.00501. The molecule has 51 heavy (non-hydrogen) atoms. The molecule has 1 amide bonds. The Bertz CT molecular complexity index is 1820. The number of nitriles is 1. The van der Waals surface area contributed by atoms with Gasteiger partial charge in [0.2, 0.25) is 0 Å². The van der Waals surface area contributed by atoms with E-state index in [0.29, 0.717) is 32.0 Å². The molecule has 0 aliphatic carbocycles. The number of carboxylic acids is 1. The van der Waals surface area contributed by atoms with Gasteiger partial charge in [-0.05, 0) is 66.8 Å². The van der Waals surface area contributed by atoms with Gasteiger partial charge in [0.1, 0.15) is 11.5 Å². The second-order valence-electron chi connectivity index (χ2n) is 12.3. The monoisotopic (exact) mass is 720 g/mol. The van der Waals surface area contributed by atoms with Crippen LogP contribution in [-0.2, 0) is 33.0 Å². The topological polar surface area (TPSA) is 155 Å². The van der Waals surface area contributed by atoms with Crippen LogP contribution < -0.4 is 15.5 Å². The molecule has 2 aliphatic heterocycles. The van der Waals surface area contributed by atoms with E-state index in [0.717, 1.165) is 35.2 Å². The molecule has 1 aromatic heterocycles. The van der Waals surface area contributed by atoms with E-state index < -0.39 is 47.1 Å². The van der Waals surface area contributed by atoms with Crippen LogP contribution in [0.5, 0.6) is 0 Å². The average molecular weight is 721 g/mol. The number of anilines is 2. The van der Waals surface area contributed by atoms with E-state index in [1.165, 1.54) is 12.3 Å². The van der Waals surface area contributed by atoms with E-state index in [-0.39, 0.29) is 72.6 Å². The standard InChI is InChI=1S/C34H34F6N6O5/c1-2-32(42)17-25(24-16-22(33(35,36)37)5-6-27(24)46(32)31(49)51-9-3-4-29(47)48)30-43-19-28(45-7-10-50-11-8-45)26(44-30)15-20-12-21(18-41)14-23(13-20)34(38,39)40/h5-6,12-14,16,19,25H,2-4,7-11,15,17,42H2,1H3,(H,47,48)/t25-,32+/m0/s1. The zero-order valence-corrected chi connectivity index (χ0v) is 27.4. The number of nitrogens with two attached hydrogens (primary N) is 1. The summed E-state index contributed by atoms with van der Waals surface area (Å²) in [6.45, 7) is 2.93. The number of ether oxygens (including phenoxy) is 2. The maximum atomic E-state index is 14.0. The average Bonchev–Trinajstić information content (AvgIpc) is 3.08. The lowest BCUT2D eigenvalue weighted by Gasteiger charge is -2.46. The van der Waals surface area contributed by atoms with Crippen molar-refractivity contribution < 1.29 is 50.5 Å². The Morgan fingerprint density at radius 1 is 1.08 bits per heavy atom. The van der Waals surface area contributed by atoms with Crippen LogP contribution in [0.2, 0.25) is 0 Å². The first-order chi connectivity index (χ1) is 24.0. The van der Waals surface area contributed by atoms with Gasteiger partial charge in [-0.25, -0.2) is 14.8 Å². The highest BCUT2D eigenvalue weighted by atomic mass is 19.4. The first-order valence-electron chi connectivity index (χ1n) is 16.0.